The van der Waals surface area contributed by atoms with Crippen molar-refractivity contribution in [2.45, 2.75) is 39.4 Å². The van der Waals surface area contributed by atoms with Crippen molar-refractivity contribution in [3.8, 4) is 22.5 Å². The Balaban J connectivity index is 0.000000236. The Morgan fingerprint density at radius 3 is 1.51 bits per heavy atom. The number of ether oxygens (including phenoxy) is 1. The van der Waals surface area contributed by atoms with E-state index in [2.05, 4.69) is 19.7 Å². The van der Waals surface area contributed by atoms with E-state index < -0.39 is 54.6 Å². The predicted octanol–water partition coefficient (Wildman–Crippen LogP) is 5.28. The number of aromatic amines is 2. The van der Waals surface area contributed by atoms with Gasteiger partial charge in [-0.3, -0.25) is 0 Å². The number of halogens is 6. The quantitative estimate of drug-likeness (QED) is 0.145. The second-order valence-corrected chi connectivity index (χ2v) is 8.98. The fourth-order valence-electron chi connectivity index (χ4n) is 3.93. The van der Waals surface area contributed by atoms with Crippen molar-refractivity contribution in [3.05, 3.63) is 81.7 Å². The van der Waals surface area contributed by atoms with Crippen LogP contribution >= 0.6 is 0 Å². The number of hydrogen-bond acceptors (Lipinski definition) is 7. The van der Waals surface area contributed by atoms with Crippen molar-refractivity contribution in [1.82, 2.24) is 19.9 Å². The lowest BCUT2D eigenvalue weighted by Gasteiger charge is -2.10. The van der Waals surface area contributed by atoms with Gasteiger partial charge in [-0.05, 0) is 49.2 Å². The number of H-pyrrole nitrogens is 2. The number of aromatic carboxylic acids is 1. The number of aliphatic hydroxyl groups is 2. The molecule has 230 valence electrons. The number of alkyl halides is 6. The third-order valence-electron chi connectivity index (χ3n) is 6.03. The number of aliphatic hydroxyl groups excluding tert-OH is 2. The van der Waals surface area contributed by atoms with Gasteiger partial charge < -0.3 is 30.0 Å². The molecule has 16 heteroatoms. The molecule has 5 N–H and O–H groups in total. The number of nitrogens with one attached hydrogen (secondary N) is 2. The minimum atomic E-state index is -4.69. The number of aryl methyl sites for hydroxylation is 2. The fraction of sp³-hybridized carbons (Fsp3) is 0.259. The highest BCUT2D eigenvalue weighted by Crippen LogP contribution is 2.38. The van der Waals surface area contributed by atoms with E-state index in [1.165, 1.54) is 37.4 Å². The molecule has 0 spiro atoms. The number of rotatable bonds is 6. The van der Waals surface area contributed by atoms with Crippen molar-refractivity contribution in [2.75, 3.05) is 7.11 Å². The first-order valence-corrected chi connectivity index (χ1v) is 12.1. The smallest absolute Gasteiger partial charge is 0.433 e. The van der Waals surface area contributed by atoms with E-state index in [0.29, 0.717) is 11.1 Å². The van der Waals surface area contributed by atoms with Crippen molar-refractivity contribution < 1.29 is 56.0 Å². The molecule has 2 heterocycles. The molecule has 0 saturated heterocycles. The summed E-state index contributed by atoms with van der Waals surface area (Å²) < 4.78 is 82.9. The molecule has 0 bridgehead atoms. The monoisotopic (exact) mass is 614 g/mol. The van der Waals surface area contributed by atoms with Crippen LogP contribution in [0.2, 0.25) is 0 Å². The normalized spacial score (nSPS) is 11.6. The summed E-state index contributed by atoms with van der Waals surface area (Å²) in [5, 5.41) is 26.9. The van der Waals surface area contributed by atoms with Crippen molar-refractivity contribution in [1.29, 1.82) is 0 Å². The molecule has 2 aromatic carbocycles. The van der Waals surface area contributed by atoms with Crippen LogP contribution in [0.5, 0.6) is 0 Å². The largest absolute Gasteiger partial charge is 0.478 e. The number of carbonyl (C=O) groups is 2. The first kappa shape index (κ1) is 32.8. The Bertz CT molecular complexity index is 1640. The molecule has 0 aliphatic carbocycles. The van der Waals surface area contributed by atoms with E-state index in [4.69, 9.17) is 15.3 Å². The van der Waals surface area contributed by atoms with Crippen molar-refractivity contribution in [3.63, 3.8) is 0 Å². The number of esters is 1. The topological polar surface area (TPSA) is 161 Å². The van der Waals surface area contributed by atoms with Crippen LogP contribution in [0.1, 0.15) is 54.9 Å². The number of hydrogen-bond donors (Lipinski definition) is 5. The SMILES string of the molecule is COC(=O)c1ccc(C)c(-c2nc(CO)[nH]c2C(F)(F)F)c1.Cc1ccc(C(=O)O)cc1-c1nc(CO)[nH]c1C(F)(F)F. The maximum absolute atomic E-state index is 13.1. The van der Waals surface area contributed by atoms with Gasteiger partial charge in [0.1, 0.15) is 47.6 Å². The predicted molar refractivity (Wildman–Crippen MR) is 138 cm³/mol. The van der Waals surface area contributed by atoms with Gasteiger partial charge in [-0.1, -0.05) is 12.1 Å². The van der Waals surface area contributed by atoms with Crippen molar-refractivity contribution >= 4 is 11.9 Å². The molecule has 2 aromatic heterocycles. The Labute approximate surface area is 239 Å². The van der Waals surface area contributed by atoms with Gasteiger partial charge in [0.05, 0.1) is 18.2 Å². The number of carboxylic acids is 1. The Morgan fingerprint density at radius 1 is 0.767 bits per heavy atom. The van der Waals surface area contributed by atoms with Crippen LogP contribution in [-0.4, -0.2) is 54.3 Å². The number of aromatic nitrogens is 4. The van der Waals surface area contributed by atoms with E-state index in [1.807, 2.05) is 4.98 Å². The second-order valence-electron chi connectivity index (χ2n) is 8.98. The minimum absolute atomic E-state index is 0.0539. The third-order valence-corrected chi connectivity index (χ3v) is 6.03. The van der Waals surface area contributed by atoms with Crippen LogP contribution in [0.25, 0.3) is 22.5 Å². The van der Waals surface area contributed by atoms with Crippen LogP contribution < -0.4 is 0 Å². The van der Waals surface area contributed by atoms with Gasteiger partial charge >= 0.3 is 24.3 Å². The number of carbonyl (C=O) groups excluding carboxylic acids is 1. The summed E-state index contributed by atoms with van der Waals surface area (Å²) in [5.41, 5.74) is -1.84. The Kier molecular flexibility index (Phi) is 9.66. The lowest BCUT2D eigenvalue weighted by Crippen LogP contribution is -2.08. The van der Waals surface area contributed by atoms with Crippen LogP contribution in [-0.2, 0) is 30.3 Å². The van der Waals surface area contributed by atoms with Gasteiger partial charge in [-0.25, -0.2) is 19.6 Å². The van der Waals surface area contributed by atoms with E-state index in [1.54, 1.807) is 13.8 Å². The zero-order chi connectivity index (χ0) is 32.3. The van der Waals surface area contributed by atoms with Crippen LogP contribution in [0.15, 0.2) is 36.4 Å². The average molecular weight is 614 g/mol. The van der Waals surface area contributed by atoms with Gasteiger partial charge in [-0.15, -0.1) is 0 Å². The molecule has 0 saturated carbocycles. The molecule has 0 aliphatic heterocycles. The highest BCUT2D eigenvalue weighted by Gasteiger charge is 2.38. The lowest BCUT2D eigenvalue weighted by atomic mass is 10.0. The average Bonchev–Trinajstić information content (AvgIpc) is 3.58. The highest BCUT2D eigenvalue weighted by molar-refractivity contribution is 5.91. The molecule has 10 nitrogen and oxygen atoms in total. The third kappa shape index (κ3) is 7.39. The van der Waals surface area contributed by atoms with Crippen LogP contribution in [0.4, 0.5) is 26.3 Å². The van der Waals surface area contributed by atoms with Gasteiger partial charge in [0.15, 0.2) is 0 Å². The number of imidazole rings is 2. The summed E-state index contributed by atoms with van der Waals surface area (Å²) in [6.45, 7) is 1.82. The zero-order valence-electron chi connectivity index (χ0n) is 22.6. The van der Waals surface area contributed by atoms with Gasteiger partial charge in [0, 0.05) is 11.1 Å². The number of carboxylic acid groups (broad SMARTS) is 1. The maximum Gasteiger partial charge on any atom is 0.433 e. The molecule has 0 atom stereocenters. The summed E-state index contributed by atoms with van der Waals surface area (Å²) in [5.74, 6) is -2.35. The van der Waals surface area contributed by atoms with E-state index >= 15 is 0 Å². The summed E-state index contributed by atoms with van der Waals surface area (Å²) in [4.78, 5) is 34.0. The molecular formula is C27H24F6N4O6. The first-order chi connectivity index (χ1) is 20.0. The maximum atomic E-state index is 13.1. The molecular weight excluding hydrogens is 590 g/mol. The molecule has 0 fully saturated rings. The molecule has 0 amide bonds. The lowest BCUT2D eigenvalue weighted by molar-refractivity contribution is -0.141. The van der Waals surface area contributed by atoms with Crippen LogP contribution in [0.3, 0.4) is 0 Å². The molecule has 0 unspecified atom stereocenters. The van der Waals surface area contributed by atoms with Crippen LogP contribution in [0, 0.1) is 13.8 Å². The summed E-state index contributed by atoms with van der Waals surface area (Å²) in [6, 6.07) is 8.09. The molecule has 4 aromatic rings. The summed E-state index contributed by atoms with van der Waals surface area (Å²) in [7, 11) is 1.18. The van der Waals surface area contributed by atoms with E-state index in [-0.39, 0.29) is 39.6 Å². The van der Waals surface area contributed by atoms with Gasteiger partial charge in [0.2, 0.25) is 0 Å². The fourth-order valence-corrected chi connectivity index (χ4v) is 3.93. The van der Waals surface area contributed by atoms with Gasteiger partial charge in [0.25, 0.3) is 0 Å². The standard InChI is InChI=1S/C14H13F3N2O3.C13H11F3N2O3/c1-7-3-4-8(13(21)22-2)5-9(7)11-12(14(15,16)17)19-10(6-20)18-11;1-6-2-3-7(12(20)21)4-8(6)10-11(13(14,15)16)18-9(5-19)17-10/h3-5,20H,6H2,1-2H3,(H,18,19);2-4,19H,5H2,1H3,(H,17,18)(H,20,21). The first-order valence-electron chi connectivity index (χ1n) is 12.1. The zero-order valence-corrected chi connectivity index (χ0v) is 22.6. The van der Waals surface area contributed by atoms with Crippen molar-refractivity contribution in [2.24, 2.45) is 0 Å². The second kappa shape index (κ2) is 12.7. The molecule has 43 heavy (non-hydrogen) atoms. The summed E-state index contributed by atoms with van der Waals surface area (Å²) >= 11 is 0. The summed E-state index contributed by atoms with van der Waals surface area (Å²) in [6.07, 6.45) is -9.36. The number of benzene rings is 2. The molecule has 4 rings (SSSR count). The van der Waals surface area contributed by atoms with E-state index in [9.17, 15) is 35.9 Å². The number of methoxy groups -OCH3 is 1. The minimum Gasteiger partial charge on any atom is -0.478 e. The number of nitrogens with zero attached hydrogens (tertiary/aromatic N) is 2. The van der Waals surface area contributed by atoms with E-state index in [0.717, 1.165) is 6.07 Å². The molecule has 0 aliphatic rings. The molecule has 0 radical (unpaired) electrons. The van der Waals surface area contributed by atoms with Gasteiger partial charge in [-0.2, -0.15) is 26.3 Å². The Morgan fingerprint density at radius 2 is 1.16 bits per heavy atom. The Hall–Kier alpha value is -4.70. The highest BCUT2D eigenvalue weighted by atomic mass is 19.4.